The Morgan fingerprint density at radius 3 is 2.01 bits per heavy atom. The number of piperazine rings is 1. The molecule has 0 spiro atoms. The Bertz CT molecular complexity index is 3480. The van der Waals surface area contributed by atoms with Gasteiger partial charge in [-0.05, 0) is 143 Å². The molecule has 5 aromatic carbocycles. The number of anilines is 4. The van der Waals surface area contributed by atoms with Crippen LogP contribution >= 0.6 is 34.4 Å². The van der Waals surface area contributed by atoms with Crippen LogP contribution in [0.15, 0.2) is 135 Å². The van der Waals surface area contributed by atoms with Gasteiger partial charge in [0.2, 0.25) is 0 Å². The molecular weight excluding hydrogens is 1220 g/mol. The van der Waals surface area contributed by atoms with E-state index in [1.807, 2.05) is 84.0 Å². The van der Waals surface area contributed by atoms with Crippen molar-refractivity contribution in [2.75, 3.05) is 84.3 Å². The number of halogens is 5. The number of likely N-dealkylation sites (tertiary alicyclic amines) is 1. The van der Waals surface area contributed by atoms with Crippen molar-refractivity contribution in [2.24, 2.45) is 5.92 Å². The molecule has 3 heterocycles. The summed E-state index contributed by atoms with van der Waals surface area (Å²) in [5, 5.41) is 12.3. The number of aromatic nitrogens is 1. The topological polar surface area (TPSA) is 178 Å². The number of ketones is 1. The number of Topliss-reactive ketones (excluding diaryl/α,β-unsaturated/α-hetero) is 1. The zero-order valence-corrected chi connectivity index (χ0v) is 49.4. The van der Waals surface area contributed by atoms with Crippen molar-refractivity contribution >= 4 is 92.6 Å². The quantitative estimate of drug-likeness (QED) is 0.0269. The summed E-state index contributed by atoms with van der Waals surface area (Å²) in [6.07, 6.45) is 2.62. The van der Waals surface area contributed by atoms with Crippen LogP contribution in [0.25, 0.3) is 22.4 Å². The summed E-state index contributed by atoms with van der Waals surface area (Å²) >= 11 is 3.70. The lowest BCUT2D eigenvalue weighted by atomic mass is 9.92. The van der Waals surface area contributed by atoms with E-state index in [-0.39, 0.29) is 28.3 Å². The average molecular weight is 1280 g/mol. The van der Waals surface area contributed by atoms with Crippen LogP contribution in [0.3, 0.4) is 0 Å². The molecule has 2 fully saturated rings. The van der Waals surface area contributed by atoms with Gasteiger partial charge in [0.1, 0.15) is 17.3 Å². The first-order chi connectivity index (χ1) is 37.4. The predicted octanol–water partition coefficient (Wildman–Crippen LogP) is 10.8. The number of alkyl halides is 4. The fraction of sp³-hybridized carbons (Fsp3) is 0.375. The maximum atomic E-state index is 15.8. The fourth-order valence-electron chi connectivity index (χ4n) is 10.4. The van der Waals surface area contributed by atoms with Crippen molar-refractivity contribution in [3.8, 4) is 22.4 Å². The molecule has 2 aliphatic heterocycles. The van der Waals surface area contributed by atoms with Gasteiger partial charge in [-0.3, -0.25) is 9.52 Å². The third-order valence-electron chi connectivity index (χ3n) is 14.4. The summed E-state index contributed by atoms with van der Waals surface area (Å²) in [6.45, 7) is 8.63. The van der Waals surface area contributed by atoms with E-state index in [0.29, 0.717) is 105 Å². The highest BCUT2D eigenvalue weighted by Gasteiger charge is 2.48. The molecule has 0 radical (unpaired) electrons. The van der Waals surface area contributed by atoms with Crippen molar-refractivity contribution < 1.29 is 52.7 Å². The number of piperidine rings is 1. The van der Waals surface area contributed by atoms with Crippen LogP contribution in [0.4, 0.5) is 40.3 Å². The summed E-state index contributed by atoms with van der Waals surface area (Å²) in [6, 6.07) is 30.0. The average Bonchev–Trinajstić information content (AvgIpc) is 3.93. The molecule has 14 nitrogen and oxygen atoms in total. The third kappa shape index (κ3) is 13.9. The molecule has 6 aromatic rings. The number of benzene rings is 5. The number of aliphatic hydroxyl groups is 1. The summed E-state index contributed by atoms with van der Waals surface area (Å²) in [5.74, 6) is -0.691. The van der Waals surface area contributed by atoms with Gasteiger partial charge in [0.25, 0.3) is 19.9 Å². The van der Waals surface area contributed by atoms with E-state index in [1.165, 1.54) is 42.3 Å². The van der Waals surface area contributed by atoms with E-state index in [9.17, 15) is 48.3 Å². The highest BCUT2D eigenvalue weighted by molar-refractivity contribution is 14.1. The number of nitrogens with zero attached hydrogens (tertiary/aromatic N) is 4. The van der Waals surface area contributed by atoms with Gasteiger partial charge < -0.3 is 29.7 Å². The Kier molecular flexibility index (Phi) is 18.9. The molecule has 0 saturated carbocycles. The zero-order valence-electron chi connectivity index (χ0n) is 44.0. The second-order valence-corrected chi connectivity index (χ2v) is 27.5. The molecule has 23 heteroatoms. The number of sulfone groups is 2. The minimum atomic E-state index is -6.08. The third-order valence-corrected chi connectivity index (χ3v) is 20.6. The van der Waals surface area contributed by atoms with E-state index in [4.69, 9.17) is 0 Å². The molecule has 0 aliphatic carbocycles. The van der Waals surface area contributed by atoms with Gasteiger partial charge in [-0.2, -0.15) is 13.2 Å². The van der Waals surface area contributed by atoms with E-state index >= 15 is 4.39 Å². The van der Waals surface area contributed by atoms with Crippen LogP contribution in [0, 0.1) is 18.7 Å². The van der Waals surface area contributed by atoms with Gasteiger partial charge in [0, 0.05) is 100 Å². The summed E-state index contributed by atoms with van der Waals surface area (Å²) in [4.78, 5) is 17.3. The molecule has 79 heavy (non-hydrogen) atoms. The number of rotatable bonds is 21. The second-order valence-electron chi connectivity index (χ2n) is 20.1. The van der Waals surface area contributed by atoms with E-state index in [2.05, 4.69) is 42.4 Å². The number of aliphatic hydroxyl groups excluding tert-OH is 1. The molecule has 0 unspecified atom stereocenters. The molecule has 424 valence electrons. The van der Waals surface area contributed by atoms with Crippen LogP contribution in [-0.2, 0) is 38.9 Å². The Balaban J connectivity index is 0.981. The van der Waals surface area contributed by atoms with Gasteiger partial charge in [-0.1, -0.05) is 65.1 Å². The number of hydrogen-bond donors (Lipinski definition) is 3. The summed E-state index contributed by atoms with van der Waals surface area (Å²) < 4.78 is 146. The Hall–Kier alpha value is -5.18. The number of thioether (sulfide) groups is 1. The first-order valence-electron chi connectivity index (χ1n) is 25.7. The van der Waals surface area contributed by atoms with Gasteiger partial charge in [-0.25, -0.2) is 29.6 Å². The van der Waals surface area contributed by atoms with Gasteiger partial charge in [0.15, 0.2) is 15.6 Å². The number of hydrogen-bond acceptors (Lipinski definition) is 13. The highest BCUT2D eigenvalue weighted by atomic mass is 127. The minimum absolute atomic E-state index is 0.0650. The van der Waals surface area contributed by atoms with E-state index < -0.39 is 69.2 Å². The molecule has 1 aromatic heterocycles. The van der Waals surface area contributed by atoms with Crippen LogP contribution in [0.5, 0.6) is 0 Å². The van der Waals surface area contributed by atoms with Crippen LogP contribution in [-0.4, -0.2) is 122 Å². The lowest BCUT2D eigenvalue weighted by Crippen LogP contribution is -2.46. The largest absolute Gasteiger partial charge is 0.501 e. The molecule has 0 bridgehead atoms. The van der Waals surface area contributed by atoms with Gasteiger partial charge >= 0.3 is 5.51 Å². The molecule has 2 saturated heterocycles. The molecule has 3 N–H and O–H groups in total. The molecule has 2 aliphatic rings. The van der Waals surface area contributed by atoms with Gasteiger partial charge in [0.05, 0.1) is 21.2 Å². The summed E-state index contributed by atoms with van der Waals surface area (Å²) in [5.41, 5.74) is -0.817. The van der Waals surface area contributed by atoms with Crippen molar-refractivity contribution in [3.63, 3.8) is 0 Å². The Morgan fingerprint density at radius 1 is 0.797 bits per heavy atom. The van der Waals surface area contributed by atoms with Gasteiger partial charge in [-0.15, -0.1) is 11.8 Å². The van der Waals surface area contributed by atoms with Crippen molar-refractivity contribution in [2.45, 2.75) is 81.6 Å². The SMILES string of the molecule is Cc1c(S(C)(=O)=O)c(-c2cc(F)cc(N3CCN(c4ccc(NS(=O)(=O)c5ccc(N[C@H](CCN6CCC(C(=O)CO)CC6)CSc6ccccc6)c(S(=O)(=O)C(F)(F)F)c5)cc4)CC3)c2)c(-c2ccc(CI)cc2)n1C(C)C. The fourth-order valence-corrected chi connectivity index (χ4v) is 15.2. The van der Waals surface area contributed by atoms with Crippen LogP contribution in [0.1, 0.15) is 50.4 Å². The standard InChI is InChI=1S/C56H63F4IN6O8S4/c1-37(2)67-38(3)55(77(4,70)71)53(54(67)41-12-10-39(34-61)11-13-41)42-30-43(57)32-47(31-42)66-28-26-65(27-29-66)46-16-14-44(15-17-46)63-79(74,75)49-18-19-50(52(33-49)78(72,73)56(58,59)60)62-45(36-76-48-8-6-5-7-9-48)22-25-64-23-20-40(21-24-64)51(69)35-68/h5-19,30-33,37,40,45,62-63,68H,20-29,34-36H2,1-4H3/t45-/m1/s1. The maximum Gasteiger partial charge on any atom is 0.501 e. The lowest BCUT2D eigenvalue weighted by Gasteiger charge is -2.37. The summed E-state index contributed by atoms with van der Waals surface area (Å²) in [7, 11) is -14.5. The van der Waals surface area contributed by atoms with Crippen molar-refractivity contribution in [1.29, 1.82) is 0 Å². The molecule has 8 rings (SSSR count). The van der Waals surface area contributed by atoms with Crippen molar-refractivity contribution in [1.82, 2.24) is 9.47 Å². The van der Waals surface area contributed by atoms with E-state index in [1.54, 1.807) is 19.1 Å². The van der Waals surface area contributed by atoms with Crippen molar-refractivity contribution in [3.05, 3.63) is 132 Å². The first-order valence-corrected chi connectivity index (χ1v) is 33.0. The van der Waals surface area contributed by atoms with Crippen LogP contribution < -0.4 is 19.8 Å². The monoisotopic (exact) mass is 1280 g/mol. The molecule has 0 amide bonds. The molecular formula is C56H63F4IN6O8S4. The maximum absolute atomic E-state index is 15.8. The number of carbonyl (C=O) groups excluding carboxylic acids is 1. The smallest absolute Gasteiger partial charge is 0.389 e. The predicted molar refractivity (Wildman–Crippen MR) is 313 cm³/mol. The number of nitrogens with one attached hydrogen (secondary N) is 2. The zero-order chi connectivity index (χ0) is 57.0. The lowest BCUT2D eigenvalue weighted by molar-refractivity contribution is -0.127. The highest BCUT2D eigenvalue weighted by Crippen LogP contribution is 2.45. The second kappa shape index (κ2) is 24.9. The normalized spacial score (nSPS) is 15.6. The number of sulfonamides is 1. The number of carbonyl (C=O) groups is 1. The Labute approximate surface area is 478 Å². The van der Waals surface area contributed by atoms with Crippen LogP contribution in [0.2, 0.25) is 0 Å². The Morgan fingerprint density at radius 2 is 1.43 bits per heavy atom. The first kappa shape index (κ1) is 59.9. The molecule has 1 atom stereocenters. The van der Waals surface area contributed by atoms with E-state index in [0.717, 1.165) is 38.3 Å². The minimum Gasteiger partial charge on any atom is -0.389 e.